The Hall–Kier alpha value is -3.94. The second-order valence-corrected chi connectivity index (χ2v) is 7.82. The van der Waals surface area contributed by atoms with Crippen LogP contribution in [0.3, 0.4) is 0 Å². The maximum atomic E-state index is 12.8. The highest BCUT2D eigenvalue weighted by atomic mass is 16.5. The molecule has 0 unspecified atom stereocenters. The van der Waals surface area contributed by atoms with Crippen LogP contribution < -0.4 is 10.1 Å². The van der Waals surface area contributed by atoms with Crippen molar-refractivity contribution in [2.45, 2.75) is 25.3 Å². The van der Waals surface area contributed by atoms with Gasteiger partial charge in [-0.05, 0) is 11.6 Å². The van der Waals surface area contributed by atoms with Crippen LogP contribution in [0.4, 0.5) is 0 Å². The molecule has 33 heavy (non-hydrogen) atoms. The average Bonchev–Trinajstić information content (AvgIpc) is 3.51. The number of hydrogen-bond acceptors (Lipinski definition) is 5. The summed E-state index contributed by atoms with van der Waals surface area (Å²) in [7, 11) is 3.46. The van der Waals surface area contributed by atoms with Gasteiger partial charge in [0.1, 0.15) is 17.6 Å². The number of para-hydroxylation sites is 1. The second-order valence-electron chi connectivity index (χ2n) is 7.82. The highest BCUT2D eigenvalue weighted by Gasteiger charge is 2.25. The third-order valence-electron chi connectivity index (χ3n) is 5.63. The summed E-state index contributed by atoms with van der Waals surface area (Å²) in [5.74, 6) is 0.924. The van der Waals surface area contributed by atoms with Crippen LogP contribution in [0.15, 0.2) is 72.1 Å². The van der Waals surface area contributed by atoms with Gasteiger partial charge in [-0.3, -0.25) is 9.59 Å². The minimum Gasteiger partial charge on any atom is -0.496 e. The first-order chi connectivity index (χ1) is 16.1. The largest absolute Gasteiger partial charge is 0.496 e. The molecule has 0 spiro atoms. The fraction of sp³-hybridized carbons (Fsp3) is 0.280. The van der Waals surface area contributed by atoms with Gasteiger partial charge in [0.05, 0.1) is 19.4 Å². The smallest absolute Gasteiger partial charge is 0.243 e. The molecule has 0 saturated carbocycles. The molecule has 170 valence electrons. The summed E-state index contributed by atoms with van der Waals surface area (Å²) < 4.78 is 7.35. The second kappa shape index (κ2) is 10.1. The molecule has 1 atom stereocenters. The van der Waals surface area contributed by atoms with Crippen molar-refractivity contribution in [3.8, 4) is 5.75 Å². The monoisotopic (exact) mass is 445 g/mol. The lowest BCUT2D eigenvalue weighted by Crippen LogP contribution is -2.32. The van der Waals surface area contributed by atoms with Gasteiger partial charge in [-0.15, -0.1) is 0 Å². The SMILES string of the molecule is COc1ccccc1[C@H](NC(=O)CCC(=O)N1CCC(c2ccccc2)=N1)c1nccn1C. The summed E-state index contributed by atoms with van der Waals surface area (Å²) in [5.41, 5.74) is 2.70. The van der Waals surface area contributed by atoms with Crippen molar-refractivity contribution in [3.05, 3.63) is 83.9 Å². The average molecular weight is 446 g/mol. The fourth-order valence-corrected chi connectivity index (χ4v) is 3.89. The van der Waals surface area contributed by atoms with E-state index in [0.29, 0.717) is 24.5 Å². The van der Waals surface area contributed by atoms with Crippen molar-refractivity contribution in [1.82, 2.24) is 19.9 Å². The Morgan fingerprint density at radius 3 is 2.58 bits per heavy atom. The number of nitrogens with zero attached hydrogens (tertiary/aromatic N) is 4. The molecule has 0 radical (unpaired) electrons. The lowest BCUT2D eigenvalue weighted by Gasteiger charge is -2.21. The van der Waals surface area contributed by atoms with Crippen LogP contribution in [0, 0.1) is 0 Å². The van der Waals surface area contributed by atoms with Gasteiger partial charge in [0.2, 0.25) is 11.8 Å². The van der Waals surface area contributed by atoms with Gasteiger partial charge >= 0.3 is 0 Å². The summed E-state index contributed by atoms with van der Waals surface area (Å²) in [6.45, 7) is 0.530. The quantitative estimate of drug-likeness (QED) is 0.577. The Balaban J connectivity index is 1.42. The van der Waals surface area contributed by atoms with E-state index < -0.39 is 6.04 Å². The predicted molar refractivity (Wildman–Crippen MR) is 125 cm³/mol. The maximum absolute atomic E-state index is 12.8. The summed E-state index contributed by atoms with van der Waals surface area (Å²) >= 11 is 0. The molecule has 2 amide bonds. The van der Waals surface area contributed by atoms with E-state index in [2.05, 4.69) is 15.4 Å². The van der Waals surface area contributed by atoms with Crippen LogP contribution in [0.25, 0.3) is 0 Å². The first kappa shape index (κ1) is 22.3. The number of benzene rings is 2. The fourth-order valence-electron chi connectivity index (χ4n) is 3.89. The van der Waals surface area contributed by atoms with E-state index in [1.165, 1.54) is 5.01 Å². The third kappa shape index (κ3) is 5.11. The molecular formula is C25H27N5O3. The molecule has 0 fully saturated rings. The van der Waals surface area contributed by atoms with Crippen molar-refractivity contribution < 1.29 is 14.3 Å². The number of amides is 2. The van der Waals surface area contributed by atoms with Gasteiger partial charge < -0.3 is 14.6 Å². The van der Waals surface area contributed by atoms with E-state index in [1.54, 1.807) is 13.3 Å². The van der Waals surface area contributed by atoms with E-state index in [9.17, 15) is 9.59 Å². The Bertz CT molecular complexity index is 1160. The summed E-state index contributed by atoms with van der Waals surface area (Å²) in [6, 6.07) is 16.8. The van der Waals surface area contributed by atoms with Crippen LogP contribution in [-0.4, -0.2) is 45.7 Å². The number of methoxy groups -OCH3 is 1. The number of aromatic nitrogens is 2. The zero-order chi connectivity index (χ0) is 23.2. The molecular weight excluding hydrogens is 418 g/mol. The highest BCUT2D eigenvalue weighted by Crippen LogP contribution is 2.29. The van der Waals surface area contributed by atoms with E-state index in [-0.39, 0.29) is 24.7 Å². The first-order valence-corrected chi connectivity index (χ1v) is 10.9. The van der Waals surface area contributed by atoms with Crippen molar-refractivity contribution >= 4 is 17.5 Å². The molecule has 0 aliphatic carbocycles. The number of imidazole rings is 1. The maximum Gasteiger partial charge on any atom is 0.243 e. The van der Waals surface area contributed by atoms with Gasteiger partial charge in [0.15, 0.2) is 0 Å². The molecule has 8 heteroatoms. The molecule has 0 saturated heterocycles. The molecule has 1 aliphatic heterocycles. The van der Waals surface area contributed by atoms with Crippen molar-refractivity contribution in [3.63, 3.8) is 0 Å². The normalized spacial score (nSPS) is 14.0. The molecule has 4 rings (SSSR count). The summed E-state index contributed by atoms with van der Waals surface area (Å²) in [4.78, 5) is 29.9. The van der Waals surface area contributed by atoms with Crippen LogP contribution in [0.5, 0.6) is 5.75 Å². The van der Waals surface area contributed by atoms with E-state index >= 15 is 0 Å². The number of aryl methyl sites for hydroxylation is 1. The van der Waals surface area contributed by atoms with Gasteiger partial charge in [-0.2, -0.15) is 5.10 Å². The standard InChI is InChI=1S/C25H27N5O3/c1-29-17-15-26-25(29)24(19-10-6-7-11-21(19)33-2)27-22(31)12-13-23(32)30-16-14-20(28-30)18-8-4-3-5-9-18/h3-11,15,17,24H,12-14,16H2,1-2H3,(H,27,31)/t24-/m0/s1. The Morgan fingerprint density at radius 1 is 1.09 bits per heavy atom. The zero-order valence-electron chi connectivity index (χ0n) is 18.8. The minimum atomic E-state index is -0.502. The lowest BCUT2D eigenvalue weighted by molar-refractivity contribution is -0.133. The van der Waals surface area contributed by atoms with E-state index in [1.807, 2.05) is 72.4 Å². The lowest BCUT2D eigenvalue weighted by atomic mass is 10.0. The van der Waals surface area contributed by atoms with E-state index in [4.69, 9.17) is 4.74 Å². The van der Waals surface area contributed by atoms with E-state index in [0.717, 1.165) is 16.8 Å². The van der Waals surface area contributed by atoms with Crippen LogP contribution >= 0.6 is 0 Å². The number of ether oxygens (including phenoxy) is 1. The molecule has 2 aromatic carbocycles. The van der Waals surface area contributed by atoms with Gasteiger partial charge in [-0.25, -0.2) is 9.99 Å². The topological polar surface area (TPSA) is 88.8 Å². The van der Waals surface area contributed by atoms with Crippen LogP contribution in [-0.2, 0) is 16.6 Å². The molecule has 1 aliphatic rings. The molecule has 3 aromatic rings. The van der Waals surface area contributed by atoms with Crippen molar-refractivity contribution in [2.75, 3.05) is 13.7 Å². The Labute approximate surface area is 192 Å². The highest BCUT2D eigenvalue weighted by molar-refractivity contribution is 6.02. The minimum absolute atomic E-state index is 0.0571. The number of hydrazone groups is 1. The molecule has 0 bridgehead atoms. The van der Waals surface area contributed by atoms with Gasteiger partial charge in [0, 0.05) is 44.3 Å². The van der Waals surface area contributed by atoms with Crippen molar-refractivity contribution in [2.24, 2.45) is 12.1 Å². The molecule has 1 aromatic heterocycles. The molecule has 2 heterocycles. The summed E-state index contributed by atoms with van der Waals surface area (Å²) in [6.07, 6.45) is 4.35. The first-order valence-electron chi connectivity index (χ1n) is 10.9. The van der Waals surface area contributed by atoms with Gasteiger partial charge in [-0.1, -0.05) is 48.5 Å². The van der Waals surface area contributed by atoms with Crippen LogP contribution in [0.1, 0.15) is 42.3 Å². The number of hydrogen-bond donors (Lipinski definition) is 1. The van der Waals surface area contributed by atoms with Crippen molar-refractivity contribution in [1.29, 1.82) is 0 Å². The number of rotatable bonds is 8. The third-order valence-corrected chi connectivity index (χ3v) is 5.63. The summed E-state index contributed by atoms with van der Waals surface area (Å²) in [5, 5.41) is 8.95. The Morgan fingerprint density at radius 2 is 1.85 bits per heavy atom. The zero-order valence-corrected chi connectivity index (χ0v) is 18.8. The van der Waals surface area contributed by atoms with Crippen LogP contribution in [0.2, 0.25) is 0 Å². The number of nitrogens with one attached hydrogen (secondary N) is 1. The molecule has 8 nitrogen and oxygen atoms in total. The number of carbonyl (C=O) groups is 2. The number of carbonyl (C=O) groups excluding carboxylic acids is 2. The molecule has 1 N–H and O–H groups in total. The predicted octanol–water partition coefficient (Wildman–Crippen LogP) is 3.05. The van der Waals surface area contributed by atoms with Gasteiger partial charge in [0.25, 0.3) is 0 Å². The Kier molecular flexibility index (Phi) is 6.83.